The van der Waals surface area contributed by atoms with E-state index in [0.29, 0.717) is 18.7 Å². The van der Waals surface area contributed by atoms with Crippen LogP contribution in [-0.4, -0.2) is 17.4 Å². The maximum Gasteiger partial charge on any atom is 0.254 e. The summed E-state index contributed by atoms with van der Waals surface area (Å²) in [5.74, 6) is 1.01. The van der Waals surface area contributed by atoms with Gasteiger partial charge in [0.2, 0.25) is 5.69 Å². The van der Waals surface area contributed by atoms with Crippen molar-refractivity contribution >= 4 is 5.91 Å². The van der Waals surface area contributed by atoms with E-state index in [9.17, 15) is 4.79 Å². The minimum Gasteiger partial charge on any atom is -0.493 e. The summed E-state index contributed by atoms with van der Waals surface area (Å²) >= 11 is 0. The van der Waals surface area contributed by atoms with Gasteiger partial charge in [-0.1, -0.05) is 116 Å². The van der Waals surface area contributed by atoms with Crippen molar-refractivity contribution in [2.45, 2.75) is 124 Å². The summed E-state index contributed by atoms with van der Waals surface area (Å²) in [6.45, 7) is 13.8. The van der Waals surface area contributed by atoms with E-state index in [0.717, 1.165) is 36.6 Å². The molecule has 0 aliphatic carbocycles. The average molecular weight is 572 g/mol. The summed E-state index contributed by atoms with van der Waals surface area (Å²) in [4.78, 5) is 15.7. The Morgan fingerprint density at radius 3 is 2.05 bits per heavy atom. The molecule has 0 fully saturated rings. The van der Waals surface area contributed by atoms with Crippen molar-refractivity contribution in [1.82, 2.24) is 4.90 Å². The first-order chi connectivity index (χ1) is 20.3. The van der Waals surface area contributed by atoms with Crippen molar-refractivity contribution in [3.05, 3.63) is 95.3 Å². The van der Waals surface area contributed by atoms with Crippen LogP contribution in [0.3, 0.4) is 0 Å². The monoisotopic (exact) mass is 571 g/mol. The van der Waals surface area contributed by atoms with Crippen LogP contribution in [0.25, 0.3) is 0 Å². The van der Waals surface area contributed by atoms with Crippen LogP contribution in [0.5, 0.6) is 5.75 Å². The van der Waals surface area contributed by atoms with E-state index in [-0.39, 0.29) is 11.3 Å². The zero-order valence-corrected chi connectivity index (χ0v) is 27.0. The van der Waals surface area contributed by atoms with Crippen LogP contribution in [-0.2, 0) is 25.0 Å². The SMILES string of the molecule is CCCCCCCCCCCCOc1ccc(CN(Cc2cccc[n+]2CC)C(=O)c2ccccc2)cc1C(C)(C)C. The van der Waals surface area contributed by atoms with Gasteiger partial charge >= 0.3 is 0 Å². The third kappa shape index (κ3) is 10.9. The van der Waals surface area contributed by atoms with Crippen LogP contribution >= 0.6 is 0 Å². The van der Waals surface area contributed by atoms with Crippen molar-refractivity contribution in [3.8, 4) is 5.75 Å². The topological polar surface area (TPSA) is 33.4 Å². The van der Waals surface area contributed by atoms with Gasteiger partial charge in [-0.05, 0) is 54.2 Å². The Bertz CT molecular complexity index is 1200. The highest BCUT2D eigenvalue weighted by atomic mass is 16.5. The lowest BCUT2D eigenvalue weighted by Crippen LogP contribution is -2.41. The molecule has 2 aromatic carbocycles. The number of pyridine rings is 1. The molecule has 0 atom stereocenters. The van der Waals surface area contributed by atoms with E-state index in [1.165, 1.54) is 63.4 Å². The predicted molar refractivity (Wildman–Crippen MR) is 175 cm³/mol. The van der Waals surface area contributed by atoms with E-state index in [1.807, 2.05) is 47.4 Å². The molecule has 228 valence electrons. The number of hydrogen-bond donors (Lipinski definition) is 0. The maximum atomic E-state index is 13.7. The zero-order chi connectivity index (χ0) is 30.2. The average Bonchev–Trinajstić information content (AvgIpc) is 3.00. The molecule has 0 saturated heterocycles. The lowest BCUT2D eigenvalue weighted by Gasteiger charge is -2.26. The quantitative estimate of drug-likeness (QED) is 0.113. The van der Waals surface area contributed by atoms with Gasteiger partial charge in [0.25, 0.3) is 5.91 Å². The summed E-state index contributed by atoms with van der Waals surface area (Å²) < 4.78 is 8.56. The second-order valence-corrected chi connectivity index (χ2v) is 12.6. The summed E-state index contributed by atoms with van der Waals surface area (Å²) in [5, 5.41) is 0. The smallest absolute Gasteiger partial charge is 0.254 e. The van der Waals surface area contributed by atoms with Gasteiger partial charge < -0.3 is 9.64 Å². The minimum atomic E-state index is -0.0674. The molecule has 4 nitrogen and oxygen atoms in total. The van der Waals surface area contributed by atoms with Crippen LogP contribution < -0.4 is 9.30 Å². The Morgan fingerprint density at radius 1 is 0.762 bits per heavy atom. The first kappa shape index (κ1) is 33.4. The molecule has 0 aliphatic rings. The summed E-state index contributed by atoms with van der Waals surface area (Å²) in [5.41, 5.74) is 4.08. The van der Waals surface area contributed by atoms with Crippen molar-refractivity contribution in [1.29, 1.82) is 0 Å². The second-order valence-electron chi connectivity index (χ2n) is 12.6. The number of amides is 1. The van der Waals surface area contributed by atoms with E-state index >= 15 is 0 Å². The molecule has 0 bridgehead atoms. The number of rotatable bonds is 18. The van der Waals surface area contributed by atoms with Crippen LogP contribution in [0.15, 0.2) is 72.9 Å². The lowest BCUT2D eigenvalue weighted by atomic mass is 9.85. The molecule has 1 heterocycles. The number of aryl methyl sites for hydroxylation is 1. The van der Waals surface area contributed by atoms with Crippen molar-refractivity contribution in [2.75, 3.05) is 6.61 Å². The standard InChI is InChI=1S/C38H55N2O2/c1-6-8-9-10-11-12-13-14-15-21-28-42-36-26-25-32(29-35(36)38(3,4)5)30-40(37(41)33-22-17-16-18-23-33)31-34-24-19-20-27-39(34)7-2/h16-20,22-27,29H,6-15,21,28,30-31H2,1-5H3/q+1. The second kappa shape index (κ2) is 17.7. The van der Waals surface area contributed by atoms with Gasteiger partial charge in [0, 0.05) is 24.2 Å². The van der Waals surface area contributed by atoms with E-state index in [1.54, 1.807) is 0 Å². The van der Waals surface area contributed by atoms with Gasteiger partial charge in [-0.2, -0.15) is 0 Å². The number of ether oxygens (including phenoxy) is 1. The number of hydrogen-bond acceptors (Lipinski definition) is 2. The lowest BCUT2D eigenvalue weighted by molar-refractivity contribution is -0.701. The molecule has 4 heteroatoms. The van der Waals surface area contributed by atoms with Crippen LogP contribution in [0.2, 0.25) is 0 Å². The molecular weight excluding hydrogens is 516 g/mol. The first-order valence-corrected chi connectivity index (χ1v) is 16.4. The fourth-order valence-electron chi connectivity index (χ4n) is 5.50. The molecule has 3 aromatic rings. The Hall–Kier alpha value is -3.14. The molecule has 1 amide bonds. The Balaban J connectivity index is 1.66. The largest absolute Gasteiger partial charge is 0.493 e. The van der Waals surface area contributed by atoms with Gasteiger partial charge in [0.1, 0.15) is 18.8 Å². The van der Waals surface area contributed by atoms with Crippen LogP contribution in [0, 0.1) is 0 Å². The highest BCUT2D eigenvalue weighted by Gasteiger charge is 2.23. The zero-order valence-electron chi connectivity index (χ0n) is 27.0. The predicted octanol–water partition coefficient (Wildman–Crippen LogP) is 9.43. The third-order valence-corrected chi connectivity index (χ3v) is 8.02. The number of aromatic nitrogens is 1. The van der Waals surface area contributed by atoms with Gasteiger partial charge in [-0.3, -0.25) is 4.79 Å². The van der Waals surface area contributed by atoms with E-state index in [4.69, 9.17) is 4.74 Å². The van der Waals surface area contributed by atoms with Gasteiger partial charge in [-0.15, -0.1) is 0 Å². The van der Waals surface area contributed by atoms with Crippen molar-refractivity contribution in [3.63, 3.8) is 0 Å². The van der Waals surface area contributed by atoms with E-state index in [2.05, 4.69) is 69.6 Å². The Morgan fingerprint density at radius 2 is 1.40 bits per heavy atom. The van der Waals surface area contributed by atoms with Gasteiger partial charge in [-0.25, -0.2) is 4.57 Å². The van der Waals surface area contributed by atoms with Gasteiger partial charge in [0.15, 0.2) is 6.20 Å². The summed E-state index contributed by atoms with van der Waals surface area (Å²) in [7, 11) is 0. The third-order valence-electron chi connectivity index (χ3n) is 8.02. The number of nitrogens with zero attached hydrogens (tertiary/aromatic N) is 2. The molecule has 0 aliphatic heterocycles. The molecule has 0 unspecified atom stereocenters. The number of carbonyl (C=O) groups excluding carboxylic acids is 1. The highest BCUT2D eigenvalue weighted by Crippen LogP contribution is 2.33. The summed E-state index contributed by atoms with van der Waals surface area (Å²) in [6, 6.07) is 22.3. The number of unbranched alkanes of at least 4 members (excludes halogenated alkanes) is 9. The maximum absolute atomic E-state index is 13.7. The first-order valence-electron chi connectivity index (χ1n) is 16.4. The normalized spacial score (nSPS) is 11.5. The fourth-order valence-corrected chi connectivity index (χ4v) is 5.50. The van der Waals surface area contributed by atoms with Crippen LogP contribution in [0.1, 0.15) is 126 Å². The number of carbonyl (C=O) groups is 1. The Labute approximate surface area is 256 Å². The van der Waals surface area contributed by atoms with Crippen molar-refractivity contribution in [2.24, 2.45) is 0 Å². The molecule has 0 radical (unpaired) electrons. The highest BCUT2D eigenvalue weighted by molar-refractivity contribution is 5.94. The molecular formula is C38H55N2O2+. The molecule has 1 aromatic heterocycles. The minimum absolute atomic E-state index is 0.0423. The van der Waals surface area contributed by atoms with Gasteiger partial charge in [0.05, 0.1) is 6.61 Å². The molecule has 0 saturated carbocycles. The van der Waals surface area contributed by atoms with E-state index < -0.39 is 0 Å². The molecule has 42 heavy (non-hydrogen) atoms. The Kier molecular flexibility index (Phi) is 14.1. The fraction of sp³-hybridized carbons (Fsp3) is 0.526. The molecule has 0 N–H and O–H groups in total. The molecule has 3 rings (SSSR count). The molecule has 0 spiro atoms. The van der Waals surface area contributed by atoms with Crippen molar-refractivity contribution < 1.29 is 14.1 Å². The summed E-state index contributed by atoms with van der Waals surface area (Å²) in [6.07, 6.45) is 15.3. The van der Waals surface area contributed by atoms with Crippen LogP contribution in [0.4, 0.5) is 0 Å². The number of benzene rings is 2.